The number of rotatable bonds is 2. The molecule has 0 aliphatic heterocycles. The lowest BCUT2D eigenvalue weighted by atomic mass is 10.2. The number of aryl methyl sites for hydroxylation is 2. The van der Waals surface area contributed by atoms with Gasteiger partial charge < -0.3 is 5.11 Å². The molecule has 0 bridgehead atoms. The van der Waals surface area contributed by atoms with E-state index in [2.05, 4.69) is 19.9 Å². The molecule has 0 saturated carbocycles. The summed E-state index contributed by atoms with van der Waals surface area (Å²) in [6.07, 6.45) is 4.06. The summed E-state index contributed by atoms with van der Waals surface area (Å²) in [6.45, 7) is 5.00. The van der Waals surface area contributed by atoms with Crippen LogP contribution in [0.4, 0.5) is 0 Å². The fourth-order valence-corrected chi connectivity index (χ4v) is 1.24. The van der Waals surface area contributed by atoms with E-state index >= 15 is 0 Å². The van der Waals surface area contributed by atoms with Gasteiger partial charge in [-0.05, 0) is 19.9 Å². The fourth-order valence-electron chi connectivity index (χ4n) is 1.24. The standard InChI is InChI=1S/C9H14NO/c1-8-5-9(2)7-10(6-8)3-4-11/h5-7,11H,3-4H2,1-2H3/q+1. The first-order chi connectivity index (χ1) is 5.22. The lowest BCUT2D eigenvalue weighted by molar-refractivity contribution is -0.698. The molecule has 2 heteroatoms. The van der Waals surface area contributed by atoms with Crippen molar-refractivity contribution in [2.45, 2.75) is 20.4 Å². The van der Waals surface area contributed by atoms with Gasteiger partial charge in [-0.2, -0.15) is 0 Å². The first kappa shape index (κ1) is 8.21. The highest BCUT2D eigenvalue weighted by Crippen LogP contribution is 1.96. The van der Waals surface area contributed by atoms with Crippen molar-refractivity contribution < 1.29 is 9.67 Å². The normalized spacial score (nSPS) is 10.1. The van der Waals surface area contributed by atoms with Gasteiger partial charge in [0.05, 0.1) is 0 Å². The number of hydrogen-bond acceptors (Lipinski definition) is 1. The Bertz CT molecular complexity index is 225. The van der Waals surface area contributed by atoms with Crippen molar-refractivity contribution in [3.8, 4) is 0 Å². The zero-order valence-corrected chi connectivity index (χ0v) is 7.04. The predicted octanol–water partition coefficient (Wildman–Crippen LogP) is 0.583. The summed E-state index contributed by atoms with van der Waals surface area (Å²) in [5.41, 5.74) is 2.47. The minimum Gasteiger partial charge on any atom is -0.390 e. The number of aromatic nitrogens is 1. The van der Waals surface area contributed by atoms with Gasteiger partial charge in [-0.15, -0.1) is 0 Å². The molecule has 0 aliphatic carbocycles. The molecule has 1 heterocycles. The molecule has 1 aromatic heterocycles. The van der Waals surface area contributed by atoms with Crippen molar-refractivity contribution in [1.82, 2.24) is 0 Å². The summed E-state index contributed by atoms with van der Waals surface area (Å²) in [6, 6.07) is 2.12. The molecule has 0 spiro atoms. The molecule has 0 amide bonds. The Morgan fingerprint density at radius 1 is 1.27 bits per heavy atom. The lowest BCUT2D eigenvalue weighted by Crippen LogP contribution is -2.35. The second-order valence-electron chi connectivity index (χ2n) is 2.85. The second kappa shape index (κ2) is 3.49. The largest absolute Gasteiger partial charge is 0.390 e. The number of hydrogen-bond donors (Lipinski definition) is 1. The van der Waals surface area contributed by atoms with E-state index in [1.165, 1.54) is 11.1 Å². The van der Waals surface area contributed by atoms with E-state index in [0.29, 0.717) is 6.54 Å². The van der Waals surface area contributed by atoms with E-state index in [0.717, 1.165) is 0 Å². The van der Waals surface area contributed by atoms with Crippen molar-refractivity contribution in [1.29, 1.82) is 0 Å². The van der Waals surface area contributed by atoms with Gasteiger partial charge in [0.1, 0.15) is 6.61 Å². The van der Waals surface area contributed by atoms with Crippen LogP contribution in [-0.2, 0) is 6.54 Å². The third kappa shape index (κ3) is 2.31. The minimum atomic E-state index is 0.202. The first-order valence-electron chi connectivity index (χ1n) is 3.80. The van der Waals surface area contributed by atoms with Crippen LogP contribution in [0, 0.1) is 13.8 Å². The van der Waals surface area contributed by atoms with Crippen LogP contribution in [0.1, 0.15) is 11.1 Å². The molecule has 0 fully saturated rings. The summed E-state index contributed by atoms with van der Waals surface area (Å²) >= 11 is 0. The van der Waals surface area contributed by atoms with Crippen molar-refractivity contribution in [3.63, 3.8) is 0 Å². The highest BCUT2D eigenvalue weighted by molar-refractivity contribution is 5.11. The molecule has 0 aliphatic rings. The summed E-state index contributed by atoms with van der Waals surface area (Å²) in [4.78, 5) is 0. The van der Waals surface area contributed by atoms with E-state index in [4.69, 9.17) is 5.11 Å². The van der Waals surface area contributed by atoms with E-state index < -0.39 is 0 Å². The molecule has 1 aromatic rings. The van der Waals surface area contributed by atoms with Crippen LogP contribution in [0.5, 0.6) is 0 Å². The fraction of sp³-hybridized carbons (Fsp3) is 0.444. The highest BCUT2D eigenvalue weighted by atomic mass is 16.3. The van der Waals surface area contributed by atoms with Crippen LogP contribution in [0.15, 0.2) is 18.5 Å². The number of aliphatic hydroxyl groups excluding tert-OH is 1. The van der Waals surface area contributed by atoms with Crippen LogP contribution in [0.25, 0.3) is 0 Å². The molecule has 0 saturated heterocycles. The zero-order chi connectivity index (χ0) is 8.27. The quantitative estimate of drug-likeness (QED) is 0.616. The molecule has 0 aromatic carbocycles. The predicted molar refractivity (Wildman–Crippen MR) is 43.2 cm³/mol. The summed E-state index contributed by atoms with van der Waals surface area (Å²) in [7, 11) is 0. The van der Waals surface area contributed by atoms with Crippen LogP contribution in [0.2, 0.25) is 0 Å². The van der Waals surface area contributed by atoms with Gasteiger partial charge in [0, 0.05) is 11.1 Å². The van der Waals surface area contributed by atoms with Gasteiger partial charge in [-0.25, -0.2) is 4.57 Å². The molecule has 0 atom stereocenters. The van der Waals surface area contributed by atoms with Crippen molar-refractivity contribution in [2.75, 3.05) is 6.61 Å². The van der Waals surface area contributed by atoms with Gasteiger partial charge in [-0.1, -0.05) is 0 Å². The van der Waals surface area contributed by atoms with E-state index in [1.54, 1.807) is 0 Å². The molecular formula is C9H14NO+. The number of nitrogens with zero attached hydrogens (tertiary/aromatic N) is 1. The Kier molecular flexibility index (Phi) is 2.60. The Morgan fingerprint density at radius 3 is 2.27 bits per heavy atom. The van der Waals surface area contributed by atoms with Crippen LogP contribution in [0.3, 0.4) is 0 Å². The monoisotopic (exact) mass is 152 g/mol. The second-order valence-corrected chi connectivity index (χ2v) is 2.85. The number of pyridine rings is 1. The molecule has 11 heavy (non-hydrogen) atoms. The van der Waals surface area contributed by atoms with Crippen LogP contribution in [-0.4, -0.2) is 11.7 Å². The van der Waals surface area contributed by atoms with Gasteiger partial charge in [0.25, 0.3) is 0 Å². The van der Waals surface area contributed by atoms with Crippen molar-refractivity contribution in [3.05, 3.63) is 29.6 Å². The third-order valence-corrected chi connectivity index (χ3v) is 1.55. The highest BCUT2D eigenvalue weighted by Gasteiger charge is 2.00. The van der Waals surface area contributed by atoms with Gasteiger partial charge in [0.2, 0.25) is 0 Å². The molecule has 1 rings (SSSR count). The Morgan fingerprint density at radius 2 is 1.82 bits per heavy atom. The van der Waals surface area contributed by atoms with Gasteiger partial charge in [-0.3, -0.25) is 0 Å². The molecule has 2 nitrogen and oxygen atoms in total. The molecule has 60 valence electrons. The maximum absolute atomic E-state index is 8.68. The Hall–Kier alpha value is -0.890. The summed E-state index contributed by atoms with van der Waals surface area (Å²) < 4.78 is 2.00. The summed E-state index contributed by atoms with van der Waals surface area (Å²) in [5, 5.41) is 8.68. The van der Waals surface area contributed by atoms with Gasteiger partial charge >= 0.3 is 0 Å². The summed E-state index contributed by atoms with van der Waals surface area (Å²) in [5.74, 6) is 0. The maximum atomic E-state index is 8.68. The van der Waals surface area contributed by atoms with Gasteiger partial charge in [0.15, 0.2) is 18.9 Å². The third-order valence-electron chi connectivity index (χ3n) is 1.55. The Balaban J connectivity index is 2.89. The van der Waals surface area contributed by atoms with E-state index in [9.17, 15) is 0 Å². The Labute approximate surface area is 67.1 Å². The average Bonchev–Trinajstić information content (AvgIpc) is 1.85. The first-order valence-corrected chi connectivity index (χ1v) is 3.80. The minimum absolute atomic E-state index is 0.202. The maximum Gasteiger partial charge on any atom is 0.171 e. The zero-order valence-electron chi connectivity index (χ0n) is 7.04. The van der Waals surface area contributed by atoms with Crippen molar-refractivity contribution in [2.24, 2.45) is 0 Å². The van der Waals surface area contributed by atoms with Crippen LogP contribution >= 0.6 is 0 Å². The van der Waals surface area contributed by atoms with E-state index in [-0.39, 0.29) is 6.61 Å². The average molecular weight is 152 g/mol. The SMILES string of the molecule is Cc1cc(C)c[n+](CCO)c1. The molecular weight excluding hydrogens is 138 g/mol. The molecule has 0 radical (unpaired) electrons. The van der Waals surface area contributed by atoms with Crippen LogP contribution < -0.4 is 4.57 Å². The molecule has 0 unspecified atom stereocenters. The topological polar surface area (TPSA) is 24.1 Å². The molecule has 1 N–H and O–H groups in total. The van der Waals surface area contributed by atoms with E-state index in [1.807, 2.05) is 17.0 Å². The smallest absolute Gasteiger partial charge is 0.171 e. The lowest BCUT2D eigenvalue weighted by Gasteiger charge is -1.96. The van der Waals surface area contributed by atoms with Crippen molar-refractivity contribution >= 4 is 0 Å². The number of aliphatic hydroxyl groups is 1.